The number of ketones is 1. The Kier molecular flexibility index (Phi) is 5.59. The zero-order valence-corrected chi connectivity index (χ0v) is 17.1. The van der Waals surface area contributed by atoms with E-state index in [9.17, 15) is 19.1 Å². The van der Waals surface area contributed by atoms with Crippen LogP contribution in [0.15, 0.2) is 77.3 Å². The SMILES string of the molecule is C=CCOc1ccc(C(O)=C2C(=O)C(=O)N(c3cc(C)on3)[C@H]2c2ccccc2F)cc1. The predicted octanol–water partition coefficient (Wildman–Crippen LogP) is 4.31. The molecule has 0 saturated carbocycles. The van der Waals surface area contributed by atoms with Gasteiger partial charge in [0, 0.05) is 17.2 Å². The summed E-state index contributed by atoms with van der Waals surface area (Å²) >= 11 is 0. The van der Waals surface area contributed by atoms with Crippen LogP contribution in [0.1, 0.15) is 22.9 Å². The van der Waals surface area contributed by atoms with E-state index >= 15 is 0 Å². The molecule has 8 heteroatoms. The summed E-state index contributed by atoms with van der Waals surface area (Å²) < 4.78 is 25.3. The van der Waals surface area contributed by atoms with Crippen LogP contribution in [-0.4, -0.2) is 28.6 Å². The fourth-order valence-corrected chi connectivity index (χ4v) is 3.55. The van der Waals surface area contributed by atoms with Crippen LogP contribution in [0.3, 0.4) is 0 Å². The Hall–Kier alpha value is -4.20. The van der Waals surface area contributed by atoms with Crippen molar-refractivity contribution in [2.45, 2.75) is 13.0 Å². The van der Waals surface area contributed by atoms with Crippen LogP contribution < -0.4 is 9.64 Å². The number of hydrogen-bond donors (Lipinski definition) is 1. The second-order valence-corrected chi connectivity index (χ2v) is 7.11. The molecular weight excluding hydrogens is 415 g/mol. The number of Topliss-reactive ketones (excluding diaryl/α,β-unsaturated/α-hetero) is 1. The summed E-state index contributed by atoms with van der Waals surface area (Å²) in [6.45, 7) is 5.51. The van der Waals surface area contributed by atoms with E-state index in [0.29, 0.717) is 18.1 Å². The lowest BCUT2D eigenvalue weighted by Gasteiger charge is -2.23. The monoisotopic (exact) mass is 434 g/mol. The molecule has 0 spiro atoms. The van der Waals surface area contributed by atoms with Crippen molar-refractivity contribution in [2.24, 2.45) is 0 Å². The summed E-state index contributed by atoms with van der Waals surface area (Å²) in [5.74, 6) is -1.99. The molecule has 32 heavy (non-hydrogen) atoms. The van der Waals surface area contributed by atoms with Crippen molar-refractivity contribution in [3.8, 4) is 5.75 Å². The summed E-state index contributed by atoms with van der Waals surface area (Å²) in [6.07, 6.45) is 1.59. The van der Waals surface area contributed by atoms with E-state index in [1.54, 1.807) is 43.3 Å². The number of anilines is 1. The first-order valence-electron chi connectivity index (χ1n) is 9.75. The van der Waals surface area contributed by atoms with Gasteiger partial charge in [0.1, 0.15) is 29.7 Å². The minimum atomic E-state index is -1.22. The predicted molar refractivity (Wildman–Crippen MR) is 115 cm³/mol. The number of aryl methyl sites for hydroxylation is 1. The van der Waals surface area contributed by atoms with Crippen molar-refractivity contribution in [3.05, 3.63) is 95.5 Å². The molecule has 1 saturated heterocycles. The fourth-order valence-electron chi connectivity index (χ4n) is 3.55. The highest BCUT2D eigenvalue weighted by atomic mass is 19.1. The summed E-state index contributed by atoms with van der Waals surface area (Å²) in [5, 5.41) is 14.8. The molecule has 0 radical (unpaired) electrons. The Morgan fingerprint density at radius 2 is 1.97 bits per heavy atom. The van der Waals surface area contributed by atoms with E-state index in [4.69, 9.17) is 9.26 Å². The van der Waals surface area contributed by atoms with Gasteiger partial charge in [-0.2, -0.15) is 0 Å². The van der Waals surface area contributed by atoms with E-state index < -0.39 is 29.3 Å². The van der Waals surface area contributed by atoms with Gasteiger partial charge in [-0.25, -0.2) is 4.39 Å². The Labute approximate surface area is 183 Å². The van der Waals surface area contributed by atoms with Crippen LogP contribution in [0.25, 0.3) is 5.76 Å². The molecule has 1 aliphatic rings. The molecule has 1 atom stereocenters. The lowest BCUT2D eigenvalue weighted by Crippen LogP contribution is -2.30. The first kappa shape index (κ1) is 21.0. The van der Waals surface area contributed by atoms with Crippen molar-refractivity contribution < 1.29 is 28.3 Å². The average Bonchev–Trinajstić information content (AvgIpc) is 3.33. The van der Waals surface area contributed by atoms with Gasteiger partial charge in [-0.15, -0.1) is 0 Å². The number of ether oxygens (including phenoxy) is 1. The van der Waals surface area contributed by atoms with Crippen LogP contribution in [0, 0.1) is 12.7 Å². The maximum Gasteiger partial charge on any atom is 0.301 e. The normalized spacial score (nSPS) is 17.6. The van der Waals surface area contributed by atoms with Gasteiger partial charge in [0.25, 0.3) is 5.78 Å². The zero-order valence-electron chi connectivity index (χ0n) is 17.1. The van der Waals surface area contributed by atoms with E-state index in [2.05, 4.69) is 11.7 Å². The van der Waals surface area contributed by atoms with Crippen LogP contribution in [0.2, 0.25) is 0 Å². The number of carbonyl (C=O) groups is 2. The number of halogens is 1. The third kappa shape index (κ3) is 3.66. The number of hydrogen-bond acceptors (Lipinski definition) is 6. The van der Waals surface area contributed by atoms with Crippen molar-refractivity contribution in [3.63, 3.8) is 0 Å². The number of carbonyl (C=O) groups excluding carboxylic acids is 2. The summed E-state index contributed by atoms with van der Waals surface area (Å²) in [7, 11) is 0. The fraction of sp³-hybridized carbons (Fsp3) is 0.125. The van der Waals surface area contributed by atoms with Gasteiger partial charge < -0.3 is 14.4 Å². The maximum absolute atomic E-state index is 14.8. The van der Waals surface area contributed by atoms with Crippen LogP contribution in [-0.2, 0) is 9.59 Å². The van der Waals surface area contributed by atoms with Gasteiger partial charge in [-0.3, -0.25) is 14.5 Å². The highest BCUT2D eigenvalue weighted by molar-refractivity contribution is 6.51. The van der Waals surface area contributed by atoms with Gasteiger partial charge in [0.2, 0.25) is 0 Å². The number of aliphatic hydroxyl groups is 1. The molecule has 1 aromatic heterocycles. The molecule has 1 N–H and O–H groups in total. The Bertz CT molecular complexity index is 1230. The lowest BCUT2D eigenvalue weighted by atomic mass is 9.95. The van der Waals surface area contributed by atoms with Crippen molar-refractivity contribution in [2.75, 3.05) is 11.5 Å². The molecule has 1 aliphatic heterocycles. The van der Waals surface area contributed by atoms with Crippen molar-refractivity contribution in [1.82, 2.24) is 5.16 Å². The molecule has 2 heterocycles. The molecular formula is C24H19FN2O5. The summed E-state index contributed by atoms with van der Waals surface area (Å²) in [4.78, 5) is 26.9. The van der Waals surface area contributed by atoms with E-state index in [1.165, 1.54) is 24.3 Å². The van der Waals surface area contributed by atoms with Gasteiger partial charge in [-0.1, -0.05) is 36.0 Å². The first-order chi connectivity index (χ1) is 15.4. The molecule has 4 rings (SSSR count). The molecule has 0 bridgehead atoms. The summed E-state index contributed by atoms with van der Waals surface area (Å²) in [5.41, 5.74) is 0.0620. The smallest absolute Gasteiger partial charge is 0.301 e. The number of benzene rings is 2. The molecule has 3 aromatic rings. The minimum Gasteiger partial charge on any atom is -0.507 e. The number of aliphatic hydroxyl groups excluding tert-OH is 1. The number of amides is 1. The standard InChI is InChI=1S/C24H19FN2O5/c1-3-12-31-16-10-8-15(9-11-16)22(28)20-21(17-6-4-5-7-18(17)25)27(24(30)23(20)29)19-13-14(2)32-26-19/h3-11,13,21,28H,1,12H2,2H3/t21-/m0/s1. The first-order valence-corrected chi connectivity index (χ1v) is 9.75. The van der Waals surface area contributed by atoms with Gasteiger partial charge in [-0.05, 0) is 37.3 Å². The largest absolute Gasteiger partial charge is 0.507 e. The quantitative estimate of drug-likeness (QED) is 0.269. The van der Waals surface area contributed by atoms with E-state index in [1.807, 2.05) is 0 Å². The number of nitrogens with zero attached hydrogens (tertiary/aromatic N) is 2. The lowest BCUT2D eigenvalue weighted by molar-refractivity contribution is -0.132. The third-order valence-electron chi connectivity index (χ3n) is 5.00. The molecule has 1 amide bonds. The third-order valence-corrected chi connectivity index (χ3v) is 5.00. The number of rotatable bonds is 6. The second-order valence-electron chi connectivity index (χ2n) is 7.11. The van der Waals surface area contributed by atoms with E-state index in [-0.39, 0.29) is 22.5 Å². The van der Waals surface area contributed by atoms with Crippen LogP contribution in [0.4, 0.5) is 10.2 Å². The highest BCUT2D eigenvalue weighted by Gasteiger charge is 2.48. The molecule has 7 nitrogen and oxygen atoms in total. The Balaban J connectivity index is 1.86. The van der Waals surface area contributed by atoms with Crippen LogP contribution in [0.5, 0.6) is 5.75 Å². The van der Waals surface area contributed by atoms with Gasteiger partial charge in [0.15, 0.2) is 5.82 Å². The Morgan fingerprint density at radius 3 is 2.59 bits per heavy atom. The summed E-state index contributed by atoms with van der Waals surface area (Å²) in [6, 6.07) is 12.3. The minimum absolute atomic E-state index is 0.0415. The highest BCUT2D eigenvalue weighted by Crippen LogP contribution is 2.42. The average molecular weight is 434 g/mol. The van der Waals surface area contributed by atoms with E-state index in [0.717, 1.165) is 4.90 Å². The van der Waals surface area contributed by atoms with Crippen LogP contribution >= 0.6 is 0 Å². The molecule has 162 valence electrons. The van der Waals surface area contributed by atoms with Crippen molar-refractivity contribution in [1.29, 1.82) is 0 Å². The Morgan fingerprint density at radius 1 is 1.25 bits per heavy atom. The topological polar surface area (TPSA) is 92.9 Å². The molecule has 0 aliphatic carbocycles. The zero-order chi connectivity index (χ0) is 22.8. The van der Waals surface area contributed by atoms with Gasteiger partial charge >= 0.3 is 5.91 Å². The van der Waals surface area contributed by atoms with Gasteiger partial charge in [0.05, 0.1) is 11.6 Å². The maximum atomic E-state index is 14.8. The number of aromatic nitrogens is 1. The molecule has 1 fully saturated rings. The molecule has 0 unspecified atom stereocenters. The second kappa shape index (κ2) is 8.50. The van der Waals surface area contributed by atoms with Crippen molar-refractivity contribution >= 4 is 23.3 Å². The molecule has 2 aromatic carbocycles.